The van der Waals surface area contributed by atoms with Crippen molar-refractivity contribution in [3.63, 3.8) is 0 Å². The van der Waals surface area contributed by atoms with Crippen LogP contribution in [0.3, 0.4) is 0 Å². The first kappa shape index (κ1) is 13.5. The Labute approximate surface area is 122 Å². The Balaban J connectivity index is 1.88. The summed E-state index contributed by atoms with van der Waals surface area (Å²) >= 11 is 0. The normalized spacial score (nSPS) is 22.0. The summed E-state index contributed by atoms with van der Waals surface area (Å²) < 4.78 is 11.1. The SMILES string of the molecule is Cc1noc([C@H]2CN(c3cccnc3C#N)C[C@@H](C)O2)n1. The summed E-state index contributed by atoms with van der Waals surface area (Å²) in [5, 5.41) is 13.0. The predicted molar refractivity (Wildman–Crippen MR) is 73.5 cm³/mol. The van der Waals surface area contributed by atoms with E-state index in [2.05, 4.69) is 26.1 Å². The highest BCUT2D eigenvalue weighted by Gasteiger charge is 2.31. The van der Waals surface area contributed by atoms with Gasteiger partial charge in [-0.15, -0.1) is 0 Å². The molecule has 0 N–H and O–H groups in total. The number of anilines is 1. The van der Waals surface area contributed by atoms with Crippen LogP contribution in [-0.2, 0) is 4.74 Å². The van der Waals surface area contributed by atoms with Crippen LogP contribution in [0.5, 0.6) is 0 Å². The number of rotatable bonds is 2. The molecule has 7 heteroatoms. The minimum absolute atomic E-state index is 0.0114. The Morgan fingerprint density at radius 3 is 3.00 bits per heavy atom. The van der Waals surface area contributed by atoms with Gasteiger partial charge in [0.1, 0.15) is 6.07 Å². The van der Waals surface area contributed by atoms with Crippen molar-refractivity contribution in [2.45, 2.75) is 26.1 Å². The van der Waals surface area contributed by atoms with E-state index in [1.165, 1.54) is 0 Å². The zero-order valence-corrected chi connectivity index (χ0v) is 11.9. The van der Waals surface area contributed by atoms with Crippen molar-refractivity contribution in [1.82, 2.24) is 15.1 Å². The maximum atomic E-state index is 9.19. The molecule has 7 nitrogen and oxygen atoms in total. The van der Waals surface area contributed by atoms with Crippen LogP contribution in [0.4, 0.5) is 5.69 Å². The lowest BCUT2D eigenvalue weighted by molar-refractivity contribution is -0.0331. The lowest BCUT2D eigenvalue weighted by atomic mass is 10.1. The molecule has 21 heavy (non-hydrogen) atoms. The van der Waals surface area contributed by atoms with Gasteiger partial charge in [0.25, 0.3) is 5.89 Å². The average molecular weight is 285 g/mol. The molecule has 0 bridgehead atoms. The summed E-state index contributed by atoms with van der Waals surface area (Å²) in [4.78, 5) is 10.4. The molecule has 3 heterocycles. The number of nitriles is 1. The molecule has 0 aliphatic carbocycles. The van der Waals surface area contributed by atoms with E-state index >= 15 is 0 Å². The molecule has 0 saturated carbocycles. The van der Waals surface area contributed by atoms with Crippen LogP contribution >= 0.6 is 0 Å². The number of ether oxygens (including phenoxy) is 1. The number of aryl methyl sites for hydroxylation is 1. The second-order valence-corrected chi connectivity index (χ2v) is 5.00. The first-order valence-electron chi connectivity index (χ1n) is 6.73. The van der Waals surface area contributed by atoms with E-state index < -0.39 is 0 Å². The number of pyridine rings is 1. The van der Waals surface area contributed by atoms with Gasteiger partial charge in [0, 0.05) is 12.7 Å². The second-order valence-electron chi connectivity index (χ2n) is 5.00. The monoisotopic (exact) mass is 285 g/mol. The molecule has 0 aromatic carbocycles. The largest absolute Gasteiger partial charge is 0.363 e. The highest BCUT2D eigenvalue weighted by atomic mass is 16.5. The summed E-state index contributed by atoms with van der Waals surface area (Å²) in [6, 6.07) is 5.83. The standard InChI is InChI=1S/C14H15N5O2/c1-9-7-19(12-4-3-5-16-11(12)6-15)8-13(20-9)14-17-10(2)18-21-14/h3-5,9,13H,7-8H2,1-2H3/t9-,13-/m1/s1. The van der Waals surface area contributed by atoms with Crippen LogP contribution in [0, 0.1) is 18.3 Å². The molecule has 3 rings (SSSR count). The zero-order valence-electron chi connectivity index (χ0n) is 11.9. The molecule has 2 aromatic rings. The van der Waals surface area contributed by atoms with Crippen molar-refractivity contribution >= 4 is 5.69 Å². The van der Waals surface area contributed by atoms with Crippen LogP contribution in [0.2, 0.25) is 0 Å². The van der Waals surface area contributed by atoms with Crippen molar-refractivity contribution in [3.8, 4) is 6.07 Å². The molecular weight excluding hydrogens is 270 g/mol. The van der Waals surface area contributed by atoms with Gasteiger partial charge in [-0.25, -0.2) is 4.98 Å². The number of hydrogen-bond donors (Lipinski definition) is 0. The third-order valence-electron chi connectivity index (χ3n) is 3.31. The van der Waals surface area contributed by atoms with Gasteiger partial charge in [0.2, 0.25) is 0 Å². The second kappa shape index (κ2) is 5.50. The van der Waals surface area contributed by atoms with E-state index in [1.807, 2.05) is 19.1 Å². The van der Waals surface area contributed by atoms with Crippen LogP contribution in [0.15, 0.2) is 22.9 Å². The number of aromatic nitrogens is 3. The van der Waals surface area contributed by atoms with Crippen molar-refractivity contribution in [1.29, 1.82) is 5.26 Å². The fraction of sp³-hybridized carbons (Fsp3) is 0.429. The molecule has 1 aliphatic rings. The van der Waals surface area contributed by atoms with E-state index in [9.17, 15) is 5.26 Å². The van der Waals surface area contributed by atoms with Crippen LogP contribution < -0.4 is 4.90 Å². The van der Waals surface area contributed by atoms with Gasteiger partial charge in [-0.05, 0) is 26.0 Å². The van der Waals surface area contributed by atoms with Gasteiger partial charge in [0.05, 0.1) is 18.3 Å². The highest BCUT2D eigenvalue weighted by molar-refractivity contribution is 5.56. The quantitative estimate of drug-likeness (QED) is 0.828. The van der Waals surface area contributed by atoms with Crippen LogP contribution in [-0.4, -0.2) is 34.3 Å². The Bertz CT molecular complexity index is 678. The van der Waals surface area contributed by atoms with E-state index in [0.29, 0.717) is 30.5 Å². The fourth-order valence-electron chi connectivity index (χ4n) is 2.47. The van der Waals surface area contributed by atoms with E-state index in [-0.39, 0.29) is 12.2 Å². The van der Waals surface area contributed by atoms with Crippen LogP contribution in [0.25, 0.3) is 0 Å². The van der Waals surface area contributed by atoms with Crippen molar-refractivity contribution in [2.24, 2.45) is 0 Å². The summed E-state index contributed by atoms with van der Waals surface area (Å²) in [6.45, 7) is 4.98. The van der Waals surface area contributed by atoms with Crippen LogP contribution in [0.1, 0.15) is 30.4 Å². The lowest BCUT2D eigenvalue weighted by Gasteiger charge is -2.36. The van der Waals surface area contributed by atoms with Gasteiger partial charge >= 0.3 is 0 Å². The predicted octanol–water partition coefficient (Wildman–Crippen LogP) is 1.61. The summed E-state index contributed by atoms with van der Waals surface area (Å²) in [5.74, 6) is 1.05. The third kappa shape index (κ3) is 2.71. The van der Waals surface area contributed by atoms with Gasteiger partial charge < -0.3 is 14.2 Å². The molecular formula is C14H15N5O2. The van der Waals surface area contributed by atoms with Gasteiger partial charge in [0.15, 0.2) is 17.6 Å². The Morgan fingerprint density at radius 1 is 1.43 bits per heavy atom. The van der Waals surface area contributed by atoms with E-state index in [1.54, 1.807) is 13.1 Å². The minimum Gasteiger partial charge on any atom is -0.363 e. The fourth-order valence-corrected chi connectivity index (χ4v) is 2.47. The Hall–Kier alpha value is -2.46. The minimum atomic E-state index is -0.304. The summed E-state index contributed by atoms with van der Waals surface area (Å²) in [7, 11) is 0. The maximum absolute atomic E-state index is 9.19. The van der Waals surface area contributed by atoms with E-state index in [0.717, 1.165) is 5.69 Å². The number of hydrogen-bond acceptors (Lipinski definition) is 7. The summed E-state index contributed by atoms with van der Waals surface area (Å²) in [5.41, 5.74) is 1.21. The van der Waals surface area contributed by atoms with Gasteiger partial charge in [-0.2, -0.15) is 10.2 Å². The lowest BCUT2D eigenvalue weighted by Crippen LogP contribution is -2.43. The third-order valence-corrected chi connectivity index (χ3v) is 3.31. The molecule has 108 valence electrons. The van der Waals surface area contributed by atoms with Crippen molar-refractivity contribution in [3.05, 3.63) is 35.7 Å². The molecule has 0 unspecified atom stereocenters. The van der Waals surface area contributed by atoms with Gasteiger partial charge in [-0.1, -0.05) is 5.16 Å². The van der Waals surface area contributed by atoms with Gasteiger partial charge in [-0.3, -0.25) is 0 Å². The molecule has 1 aliphatic heterocycles. The maximum Gasteiger partial charge on any atom is 0.257 e. The molecule has 2 atom stereocenters. The first-order chi connectivity index (χ1) is 10.2. The molecule has 2 aromatic heterocycles. The zero-order chi connectivity index (χ0) is 14.8. The number of nitrogens with zero attached hydrogens (tertiary/aromatic N) is 5. The smallest absolute Gasteiger partial charge is 0.257 e. The van der Waals surface area contributed by atoms with E-state index in [4.69, 9.17) is 9.26 Å². The highest BCUT2D eigenvalue weighted by Crippen LogP contribution is 2.28. The Morgan fingerprint density at radius 2 is 2.29 bits per heavy atom. The first-order valence-corrected chi connectivity index (χ1v) is 6.73. The molecule has 0 radical (unpaired) electrons. The topological polar surface area (TPSA) is 88.1 Å². The van der Waals surface area contributed by atoms with Crippen molar-refractivity contribution < 1.29 is 9.26 Å². The number of morpholine rings is 1. The Kier molecular flexibility index (Phi) is 3.54. The van der Waals surface area contributed by atoms with Crippen molar-refractivity contribution in [2.75, 3.05) is 18.0 Å². The molecule has 1 saturated heterocycles. The molecule has 1 fully saturated rings. The molecule has 0 amide bonds. The summed E-state index contributed by atoms with van der Waals surface area (Å²) in [6.07, 6.45) is 1.30. The molecule has 0 spiro atoms. The average Bonchev–Trinajstić information content (AvgIpc) is 2.93.